The van der Waals surface area contributed by atoms with Gasteiger partial charge in [-0.1, -0.05) is 34.8 Å². The van der Waals surface area contributed by atoms with Gasteiger partial charge in [-0.2, -0.15) is 0 Å². The Morgan fingerprint density at radius 2 is 1.77 bits per heavy atom. The molecule has 0 bridgehead atoms. The molecule has 9 heteroatoms. The van der Waals surface area contributed by atoms with Crippen molar-refractivity contribution >= 4 is 46.5 Å². The number of halogens is 4. The van der Waals surface area contributed by atoms with Crippen molar-refractivity contribution in [1.29, 1.82) is 0 Å². The van der Waals surface area contributed by atoms with Crippen molar-refractivity contribution in [1.82, 2.24) is 0 Å². The Balaban J connectivity index is 2.30. The van der Waals surface area contributed by atoms with Crippen LogP contribution in [0.4, 0.5) is 10.1 Å². The second kappa shape index (κ2) is 6.48. The number of hydrogen-bond donors (Lipinski definition) is 0. The Labute approximate surface area is 138 Å². The van der Waals surface area contributed by atoms with Crippen molar-refractivity contribution in [3.63, 3.8) is 0 Å². The molecule has 5 nitrogen and oxygen atoms in total. The first-order valence-electron chi connectivity index (χ1n) is 5.60. The molecule has 2 rings (SSSR count). The molecule has 0 fully saturated rings. The zero-order valence-electron chi connectivity index (χ0n) is 10.5. The Hall–Kier alpha value is -1.89. The second-order valence-corrected chi connectivity index (χ2v) is 5.23. The van der Waals surface area contributed by atoms with E-state index in [2.05, 4.69) is 0 Å². The molecule has 0 atom stereocenters. The van der Waals surface area contributed by atoms with Gasteiger partial charge in [0.2, 0.25) is 0 Å². The summed E-state index contributed by atoms with van der Waals surface area (Å²) in [7, 11) is 0. The summed E-state index contributed by atoms with van der Waals surface area (Å²) in [6, 6.07) is 5.17. The molecule has 0 saturated carbocycles. The minimum atomic E-state index is -0.976. The summed E-state index contributed by atoms with van der Waals surface area (Å²) in [6.07, 6.45) is 0. The Bertz CT molecular complexity index is 782. The lowest BCUT2D eigenvalue weighted by atomic mass is 10.2. The Morgan fingerprint density at radius 3 is 2.36 bits per heavy atom. The van der Waals surface area contributed by atoms with E-state index >= 15 is 0 Å². The number of rotatable bonds is 3. The molecule has 0 aliphatic rings. The number of nitro benzene ring substituents is 1. The number of nitrogens with zero attached hydrogens (tertiary/aromatic N) is 1. The van der Waals surface area contributed by atoms with E-state index in [0.717, 1.165) is 30.3 Å². The molecule has 0 aliphatic heterocycles. The van der Waals surface area contributed by atoms with Crippen LogP contribution in [-0.4, -0.2) is 10.9 Å². The fraction of sp³-hybridized carbons (Fsp3) is 0. The summed E-state index contributed by atoms with van der Waals surface area (Å²) in [6.45, 7) is 0. The summed E-state index contributed by atoms with van der Waals surface area (Å²) in [5.41, 5.74) is -0.515. The molecule has 0 saturated heterocycles. The highest BCUT2D eigenvalue weighted by Crippen LogP contribution is 2.31. The quantitative estimate of drug-likeness (QED) is 0.255. The van der Waals surface area contributed by atoms with Crippen LogP contribution in [0, 0.1) is 15.9 Å². The topological polar surface area (TPSA) is 69.4 Å². The minimum absolute atomic E-state index is 0.102. The molecule has 0 aromatic heterocycles. The average molecular weight is 365 g/mol. The fourth-order valence-corrected chi connectivity index (χ4v) is 2.19. The third kappa shape index (κ3) is 3.47. The molecule has 0 spiro atoms. The zero-order valence-corrected chi connectivity index (χ0v) is 12.7. The van der Waals surface area contributed by atoms with Gasteiger partial charge in [-0.25, -0.2) is 9.18 Å². The normalized spacial score (nSPS) is 10.4. The van der Waals surface area contributed by atoms with Gasteiger partial charge in [0.05, 0.1) is 25.6 Å². The van der Waals surface area contributed by atoms with Crippen molar-refractivity contribution in [3.05, 3.63) is 66.9 Å². The summed E-state index contributed by atoms with van der Waals surface area (Å²) in [5, 5.41) is 10.1. The van der Waals surface area contributed by atoms with E-state index in [-0.39, 0.29) is 32.1 Å². The van der Waals surface area contributed by atoms with Crippen molar-refractivity contribution in [2.75, 3.05) is 0 Å². The lowest BCUT2D eigenvalue weighted by Gasteiger charge is -2.08. The van der Waals surface area contributed by atoms with Gasteiger partial charge in [-0.05, 0) is 18.2 Å². The molecule has 22 heavy (non-hydrogen) atoms. The molecule has 114 valence electrons. The average Bonchev–Trinajstić information content (AvgIpc) is 2.44. The smallest absolute Gasteiger partial charge is 0.345 e. The van der Waals surface area contributed by atoms with Gasteiger partial charge in [0, 0.05) is 12.1 Å². The highest BCUT2D eigenvalue weighted by Gasteiger charge is 2.18. The van der Waals surface area contributed by atoms with E-state index in [0.29, 0.717) is 0 Å². The maximum atomic E-state index is 13.4. The molecular weight excluding hydrogens is 360 g/mol. The van der Waals surface area contributed by atoms with E-state index in [1.807, 2.05) is 0 Å². The summed E-state index contributed by atoms with van der Waals surface area (Å²) < 4.78 is 18.3. The summed E-state index contributed by atoms with van der Waals surface area (Å²) in [4.78, 5) is 21.9. The van der Waals surface area contributed by atoms with Gasteiger partial charge in [0.25, 0.3) is 5.69 Å². The summed E-state index contributed by atoms with van der Waals surface area (Å²) >= 11 is 17.1. The van der Waals surface area contributed by atoms with Gasteiger partial charge in [0.1, 0.15) is 11.6 Å². The largest absolute Gasteiger partial charge is 0.421 e. The second-order valence-electron chi connectivity index (χ2n) is 4.01. The number of nitro groups is 1. The van der Waals surface area contributed by atoms with E-state index in [9.17, 15) is 19.3 Å². The van der Waals surface area contributed by atoms with Crippen molar-refractivity contribution in [2.24, 2.45) is 0 Å². The van der Waals surface area contributed by atoms with Crippen LogP contribution in [0.3, 0.4) is 0 Å². The number of hydrogen-bond acceptors (Lipinski definition) is 4. The van der Waals surface area contributed by atoms with E-state index < -0.39 is 16.7 Å². The standard InChI is InChI=1S/C13H5Cl3FNO4/c14-8-5-9(15)11(17)4-7(8)13(19)22-12-2-1-6(18(20)21)3-10(12)16/h1-5H. The minimum Gasteiger partial charge on any atom is -0.421 e. The SMILES string of the molecule is O=C(Oc1ccc([N+](=O)[O-])cc1Cl)c1cc(F)c(Cl)cc1Cl. The first-order chi connectivity index (χ1) is 10.3. The molecule has 2 aromatic carbocycles. The van der Waals surface area contributed by atoms with Crippen molar-refractivity contribution < 1.29 is 18.8 Å². The van der Waals surface area contributed by atoms with Gasteiger partial charge in [0.15, 0.2) is 0 Å². The van der Waals surface area contributed by atoms with Crippen LogP contribution in [-0.2, 0) is 0 Å². The molecular formula is C13H5Cl3FNO4. The molecule has 0 heterocycles. The van der Waals surface area contributed by atoms with Crippen LogP contribution in [0.2, 0.25) is 15.1 Å². The highest BCUT2D eigenvalue weighted by molar-refractivity contribution is 6.36. The maximum absolute atomic E-state index is 13.4. The number of esters is 1. The van der Waals surface area contributed by atoms with E-state index in [1.165, 1.54) is 0 Å². The lowest BCUT2D eigenvalue weighted by Crippen LogP contribution is -2.10. The van der Waals surface area contributed by atoms with Gasteiger partial charge in [-0.15, -0.1) is 0 Å². The molecule has 0 N–H and O–H groups in total. The number of carbonyl (C=O) groups is 1. The lowest BCUT2D eigenvalue weighted by molar-refractivity contribution is -0.384. The first-order valence-corrected chi connectivity index (χ1v) is 6.73. The van der Waals surface area contributed by atoms with Gasteiger partial charge in [-0.3, -0.25) is 10.1 Å². The molecule has 2 aromatic rings. The molecule has 0 aliphatic carbocycles. The van der Waals surface area contributed by atoms with Gasteiger partial charge < -0.3 is 4.74 Å². The predicted octanol–water partition coefficient (Wildman–Crippen LogP) is 4.91. The zero-order chi connectivity index (χ0) is 16.4. The van der Waals surface area contributed by atoms with Crippen LogP contribution in [0.1, 0.15) is 10.4 Å². The molecule has 0 unspecified atom stereocenters. The van der Waals surface area contributed by atoms with Crippen LogP contribution in [0.5, 0.6) is 5.75 Å². The first kappa shape index (κ1) is 16.5. The Morgan fingerprint density at radius 1 is 1.09 bits per heavy atom. The third-order valence-corrected chi connectivity index (χ3v) is 3.46. The van der Waals surface area contributed by atoms with Crippen LogP contribution >= 0.6 is 34.8 Å². The number of non-ortho nitro benzene ring substituents is 1. The molecule has 0 radical (unpaired) electrons. The number of ether oxygens (including phenoxy) is 1. The summed E-state index contributed by atoms with van der Waals surface area (Å²) in [5.74, 6) is -1.94. The Kier molecular flexibility index (Phi) is 4.85. The predicted molar refractivity (Wildman–Crippen MR) is 79.5 cm³/mol. The molecule has 0 amide bonds. The maximum Gasteiger partial charge on any atom is 0.345 e. The fourth-order valence-electron chi connectivity index (χ4n) is 1.52. The van der Waals surface area contributed by atoms with E-state index in [1.54, 1.807) is 0 Å². The van der Waals surface area contributed by atoms with Crippen LogP contribution in [0.15, 0.2) is 30.3 Å². The highest BCUT2D eigenvalue weighted by atomic mass is 35.5. The third-order valence-electron chi connectivity index (χ3n) is 2.56. The number of carbonyl (C=O) groups excluding carboxylic acids is 1. The van der Waals surface area contributed by atoms with Crippen molar-refractivity contribution in [3.8, 4) is 5.75 Å². The number of benzene rings is 2. The van der Waals surface area contributed by atoms with Crippen LogP contribution < -0.4 is 4.74 Å². The van der Waals surface area contributed by atoms with Gasteiger partial charge >= 0.3 is 5.97 Å². The van der Waals surface area contributed by atoms with Crippen molar-refractivity contribution in [2.45, 2.75) is 0 Å². The van der Waals surface area contributed by atoms with E-state index in [4.69, 9.17) is 39.5 Å². The van der Waals surface area contributed by atoms with Crippen LogP contribution in [0.25, 0.3) is 0 Å². The monoisotopic (exact) mass is 363 g/mol.